The Morgan fingerprint density at radius 2 is 1.65 bits per heavy atom. The summed E-state index contributed by atoms with van der Waals surface area (Å²) in [6, 6.07) is 12.4. The molecule has 0 saturated carbocycles. The predicted molar refractivity (Wildman–Crippen MR) is 119 cm³/mol. The van der Waals surface area contributed by atoms with Crippen LogP contribution in [-0.2, 0) is 16.1 Å². The Balaban J connectivity index is 0.00000341. The number of esters is 1. The molecular formula is C23H28ClNO6. The summed E-state index contributed by atoms with van der Waals surface area (Å²) in [4.78, 5) is 27.4. The summed E-state index contributed by atoms with van der Waals surface area (Å²) >= 11 is 0. The van der Waals surface area contributed by atoms with Gasteiger partial charge in [0.15, 0.2) is 17.3 Å². The van der Waals surface area contributed by atoms with Crippen LogP contribution < -0.4 is 14.2 Å². The lowest BCUT2D eigenvalue weighted by molar-refractivity contribution is -0.150. The van der Waals surface area contributed by atoms with E-state index in [-0.39, 0.29) is 37.3 Å². The Hall–Kier alpha value is -2.77. The minimum atomic E-state index is -0.417. The maximum atomic E-state index is 12.9. The second-order valence-corrected chi connectivity index (χ2v) is 7.06. The Morgan fingerprint density at radius 3 is 2.23 bits per heavy atom. The van der Waals surface area contributed by atoms with E-state index in [1.165, 1.54) is 21.3 Å². The maximum absolute atomic E-state index is 12.9. The summed E-state index contributed by atoms with van der Waals surface area (Å²) in [6.45, 7) is 1.01. The molecule has 0 aliphatic carbocycles. The molecule has 168 valence electrons. The molecule has 2 aromatic carbocycles. The third-order valence-electron chi connectivity index (χ3n) is 5.19. The number of carbonyl (C=O) groups is 2. The molecule has 7 nitrogen and oxygen atoms in total. The van der Waals surface area contributed by atoms with Crippen LogP contribution in [0.2, 0.25) is 0 Å². The van der Waals surface area contributed by atoms with Gasteiger partial charge in [0.2, 0.25) is 5.75 Å². The van der Waals surface area contributed by atoms with E-state index in [2.05, 4.69) is 0 Å². The topological polar surface area (TPSA) is 74.3 Å². The minimum absolute atomic E-state index is 0. The van der Waals surface area contributed by atoms with Crippen molar-refractivity contribution in [2.45, 2.75) is 25.5 Å². The zero-order chi connectivity index (χ0) is 21.5. The summed E-state index contributed by atoms with van der Waals surface area (Å²) in [7, 11) is 4.52. The van der Waals surface area contributed by atoms with Gasteiger partial charge in [-0.3, -0.25) is 14.5 Å². The number of rotatable bonds is 9. The summed E-state index contributed by atoms with van der Waals surface area (Å²) in [6.07, 6.45) is 1.52. The molecular weight excluding hydrogens is 422 g/mol. The van der Waals surface area contributed by atoms with Crippen molar-refractivity contribution >= 4 is 24.2 Å². The molecule has 0 aromatic heterocycles. The SMILES string of the molecule is COc1cc(C(=O)CN2CCC[C@H]2C(=O)OCc2ccccc2)cc(OC)c1OC.Cl. The number of Topliss-reactive ketones (excluding diaryl/α,β-unsaturated/α-hetero) is 1. The number of likely N-dealkylation sites (tertiary alicyclic amines) is 1. The zero-order valence-corrected chi connectivity index (χ0v) is 18.8. The van der Waals surface area contributed by atoms with Crippen molar-refractivity contribution in [3.8, 4) is 17.2 Å². The average Bonchev–Trinajstić information content (AvgIpc) is 3.25. The molecule has 1 aliphatic rings. The van der Waals surface area contributed by atoms with Crippen LogP contribution >= 0.6 is 12.4 Å². The van der Waals surface area contributed by atoms with E-state index < -0.39 is 6.04 Å². The molecule has 0 unspecified atom stereocenters. The van der Waals surface area contributed by atoms with E-state index >= 15 is 0 Å². The van der Waals surface area contributed by atoms with Crippen LogP contribution in [0.25, 0.3) is 0 Å². The fourth-order valence-corrected chi connectivity index (χ4v) is 3.63. The Morgan fingerprint density at radius 1 is 1.00 bits per heavy atom. The van der Waals surface area contributed by atoms with Gasteiger partial charge in [-0.05, 0) is 37.1 Å². The first kappa shape index (κ1) is 24.5. The molecule has 0 amide bonds. The van der Waals surface area contributed by atoms with Crippen molar-refractivity contribution < 1.29 is 28.5 Å². The van der Waals surface area contributed by atoms with Gasteiger partial charge in [0.05, 0.1) is 27.9 Å². The van der Waals surface area contributed by atoms with Gasteiger partial charge >= 0.3 is 5.97 Å². The molecule has 1 saturated heterocycles. The molecule has 1 atom stereocenters. The Bertz CT molecular complexity index is 864. The third-order valence-corrected chi connectivity index (χ3v) is 5.19. The summed E-state index contributed by atoms with van der Waals surface area (Å²) in [5.41, 5.74) is 1.37. The minimum Gasteiger partial charge on any atom is -0.493 e. The lowest BCUT2D eigenvalue weighted by atomic mass is 10.1. The van der Waals surface area contributed by atoms with Gasteiger partial charge in [0.1, 0.15) is 12.6 Å². The highest BCUT2D eigenvalue weighted by atomic mass is 35.5. The molecule has 3 rings (SSSR count). The first-order valence-electron chi connectivity index (χ1n) is 9.85. The van der Waals surface area contributed by atoms with Crippen molar-refractivity contribution in [3.05, 3.63) is 53.6 Å². The molecule has 31 heavy (non-hydrogen) atoms. The summed E-state index contributed by atoms with van der Waals surface area (Å²) in [5, 5.41) is 0. The zero-order valence-electron chi connectivity index (χ0n) is 18.0. The first-order valence-corrected chi connectivity index (χ1v) is 9.85. The van der Waals surface area contributed by atoms with E-state index in [1.54, 1.807) is 12.1 Å². The number of hydrogen-bond acceptors (Lipinski definition) is 7. The van der Waals surface area contributed by atoms with Crippen molar-refractivity contribution in [1.29, 1.82) is 0 Å². The highest BCUT2D eigenvalue weighted by molar-refractivity contribution is 5.99. The highest BCUT2D eigenvalue weighted by Crippen LogP contribution is 2.38. The van der Waals surface area contributed by atoms with Gasteiger partial charge in [-0.1, -0.05) is 30.3 Å². The van der Waals surface area contributed by atoms with Gasteiger partial charge in [0, 0.05) is 5.56 Å². The third kappa shape index (κ3) is 5.89. The fraction of sp³-hybridized carbons (Fsp3) is 0.391. The quantitative estimate of drug-likeness (QED) is 0.428. The lowest BCUT2D eigenvalue weighted by Gasteiger charge is -2.22. The van der Waals surface area contributed by atoms with Crippen molar-refractivity contribution in [2.24, 2.45) is 0 Å². The van der Waals surface area contributed by atoms with Crippen molar-refractivity contribution in [1.82, 2.24) is 4.90 Å². The van der Waals surface area contributed by atoms with E-state index in [0.29, 0.717) is 35.8 Å². The lowest BCUT2D eigenvalue weighted by Crippen LogP contribution is -2.40. The van der Waals surface area contributed by atoms with Crippen molar-refractivity contribution in [2.75, 3.05) is 34.4 Å². The Kier molecular flexibility index (Phi) is 9.15. The molecule has 0 bridgehead atoms. The number of nitrogens with zero attached hydrogens (tertiary/aromatic N) is 1. The number of methoxy groups -OCH3 is 3. The smallest absolute Gasteiger partial charge is 0.323 e. The van der Waals surface area contributed by atoms with Gasteiger partial charge in [-0.15, -0.1) is 12.4 Å². The van der Waals surface area contributed by atoms with E-state index in [0.717, 1.165) is 12.0 Å². The number of benzene rings is 2. The van der Waals surface area contributed by atoms with Gasteiger partial charge in [0.25, 0.3) is 0 Å². The van der Waals surface area contributed by atoms with Crippen LogP contribution in [0.1, 0.15) is 28.8 Å². The Labute approximate surface area is 188 Å². The molecule has 0 spiro atoms. The molecule has 0 N–H and O–H groups in total. The number of hydrogen-bond donors (Lipinski definition) is 0. The monoisotopic (exact) mass is 449 g/mol. The molecule has 1 aliphatic heterocycles. The van der Waals surface area contributed by atoms with Crippen molar-refractivity contribution in [3.63, 3.8) is 0 Å². The number of ether oxygens (including phenoxy) is 4. The van der Waals surface area contributed by atoms with E-state index in [4.69, 9.17) is 18.9 Å². The molecule has 8 heteroatoms. The number of ketones is 1. The van der Waals surface area contributed by atoms with Gasteiger partial charge in [-0.25, -0.2) is 0 Å². The summed E-state index contributed by atoms with van der Waals surface area (Å²) in [5.74, 6) is 0.840. The van der Waals surface area contributed by atoms with Crippen LogP contribution in [0.5, 0.6) is 17.2 Å². The van der Waals surface area contributed by atoms with Crippen LogP contribution in [0.3, 0.4) is 0 Å². The highest BCUT2D eigenvalue weighted by Gasteiger charge is 2.33. The first-order chi connectivity index (χ1) is 14.6. The maximum Gasteiger partial charge on any atom is 0.323 e. The van der Waals surface area contributed by atoms with Gasteiger partial charge in [-0.2, -0.15) is 0 Å². The van der Waals surface area contributed by atoms with Crippen LogP contribution in [-0.4, -0.2) is 57.1 Å². The standard InChI is InChI=1S/C23H27NO6.ClH/c1-27-20-12-17(13-21(28-2)22(20)29-3)19(25)14-24-11-7-10-18(24)23(26)30-15-16-8-5-4-6-9-16;/h4-6,8-9,12-13,18H,7,10-11,14-15H2,1-3H3;1H/t18-;/m0./s1. The average molecular weight is 450 g/mol. The van der Waals surface area contributed by atoms with Crippen LogP contribution in [0, 0.1) is 0 Å². The van der Waals surface area contributed by atoms with E-state index in [9.17, 15) is 9.59 Å². The molecule has 0 radical (unpaired) electrons. The second kappa shape index (κ2) is 11.6. The van der Waals surface area contributed by atoms with E-state index in [1.807, 2.05) is 35.2 Å². The fourth-order valence-electron chi connectivity index (χ4n) is 3.63. The molecule has 1 fully saturated rings. The van der Waals surface area contributed by atoms with Gasteiger partial charge < -0.3 is 18.9 Å². The predicted octanol–water partition coefficient (Wildman–Crippen LogP) is 3.52. The van der Waals surface area contributed by atoms with Crippen LogP contribution in [0.4, 0.5) is 0 Å². The number of halogens is 1. The van der Waals surface area contributed by atoms with Crippen LogP contribution in [0.15, 0.2) is 42.5 Å². The second-order valence-electron chi connectivity index (χ2n) is 7.06. The normalized spacial score (nSPS) is 15.6. The summed E-state index contributed by atoms with van der Waals surface area (Å²) < 4.78 is 21.4. The number of carbonyl (C=O) groups excluding carboxylic acids is 2. The largest absolute Gasteiger partial charge is 0.493 e. The molecule has 2 aromatic rings. The molecule has 1 heterocycles.